The van der Waals surface area contributed by atoms with E-state index in [0.29, 0.717) is 6.20 Å². The average Bonchev–Trinajstić information content (AvgIpc) is 2.13. The number of ether oxygens (including phenoxy) is 1. The van der Waals surface area contributed by atoms with E-state index in [9.17, 15) is 23.3 Å². The summed E-state index contributed by atoms with van der Waals surface area (Å²) in [4.78, 5) is 15.9. The molecule has 0 N–H and O–H groups in total. The zero-order valence-corrected chi connectivity index (χ0v) is 8.12. The highest BCUT2D eigenvalue weighted by Gasteiger charge is 2.30. The van der Waals surface area contributed by atoms with Gasteiger partial charge in [-0.05, 0) is 11.6 Å². The molecule has 88 valence electrons. The summed E-state index contributed by atoms with van der Waals surface area (Å²) in [6.07, 6.45) is -3.95. The van der Waals surface area contributed by atoms with Crippen molar-refractivity contribution >= 4 is 17.3 Å². The van der Waals surface area contributed by atoms with Crippen molar-refractivity contribution in [3.63, 3.8) is 0 Å². The molecule has 1 rings (SSSR count). The van der Waals surface area contributed by atoms with E-state index in [4.69, 9.17) is 11.6 Å². The normalized spacial score (nSPS) is 11.2. The van der Waals surface area contributed by atoms with Crippen molar-refractivity contribution < 1.29 is 22.8 Å². The zero-order valence-electron chi connectivity index (χ0n) is 7.36. The molecule has 0 radical (unpaired) electrons. The molecule has 16 heavy (non-hydrogen) atoms. The summed E-state index contributed by atoms with van der Waals surface area (Å²) < 4.78 is 39.6. The van der Waals surface area contributed by atoms with Crippen LogP contribution in [-0.2, 0) is 0 Å². The third-order valence-corrected chi connectivity index (χ3v) is 1.46. The summed E-state index contributed by atoms with van der Waals surface area (Å²) >= 11 is 5.27. The molecular formula is C6H3ClF3N3O3. The molecule has 0 aromatic carbocycles. The molecule has 0 atom stereocenters. The first-order chi connectivity index (χ1) is 7.29. The van der Waals surface area contributed by atoms with Crippen LogP contribution in [0.2, 0.25) is 5.28 Å². The van der Waals surface area contributed by atoms with E-state index in [1.165, 1.54) is 0 Å². The highest BCUT2D eigenvalue weighted by atomic mass is 35.5. The van der Waals surface area contributed by atoms with Crippen molar-refractivity contribution in [2.75, 3.05) is 6.61 Å². The number of hydrogen-bond donors (Lipinski definition) is 0. The van der Waals surface area contributed by atoms with Crippen LogP contribution in [0.1, 0.15) is 0 Å². The first kappa shape index (κ1) is 12.4. The van der Waals surface area contributed by atoms with Gasteiger partial charge in [-0.25, -0.2) is 4.98 Å². The van der Waals surface area contributed by atoms with Gasteiger partial charge < -0.3 is 4.74 Å². The lowest BCUT2D eigenvalue weighted by atomic mass is 10.5. The monoisotopic (exact) mass is 257 g/mol. The second-order valence-corrected chi connectivity index (χ2v) is 2.83. The summed E-state index contributed by atoms with van der Waals surface area (Å²) in [5.74, 6) is -0.817. The maximum atomic E-state index is 11.8. The zero-order chi connectivity index (χ0) is 12.3. The maximum absolute atomic E-state index is 11.8. The van der Waals surface area contributed by atoms with E-state index >= 15 is 0 Å². The van der Waals surface area contributed by atoms with Gasteiger partial charge in [0.15, 0.2) is 6.61 Å². The molecule has 0 fully saturated rings. The van der Waals surface area contributed by atoms with E-state index in [-0.39, 0.29) is 0 Å². The number of aromatic nitrogens is 2. The molecule has 0 spiro atoms. The minimum atomic E-state index is -4.62. The number of nitrogens with zero attached hydrogens (tertiary/aromatic N) is 3. The second-order valence-electron chi connectivity index (χ2n) is 2.49. The largest absolute Gasteiger partial charge is 0.463 e. The molecule has 0 bridgehead atoms. The molecule has 0 aliphatic carbocycles. The Bertz CT molecular complexity index is 412. The molecule has 0 aliphatic rings. The number of alkyl halides is 3. The molecule has 0 unspecified atom stereocenters. The second kappa shape index (κ2) is 4.47. The number of nitro groups is 1. The fraction of sp³-hybridized carbons (Fsp3) is 0.333. The lowest BCUT2D eigenvalue weighted by Gasteiger charge is -2.07. The van der Waals surface area contributed by atoms with Crippen LogP contribution in [0.15, 0.2) is 6.20 Å². The van der Waals surface area contributed by atoms with Crippen LogP contribution in [0, 0.1) is 10.1 Å². The highest BCUT2D eigenvalue weighted by Crippen LogP contribution is 2.26. The Morgan fingerprint density at radius 3 is 2.69 bits per heavy atom. The van der Waals surface area contributed by atoms with Gasteiger partial charge in [-0.1, -0.05) is 0 Å². The van der Waals surface area contributed by atoms with Gasteiger partial charge in [0.2, 0.25) is 5.28 Å². The molecule has 1 aromatic rings. The summed E-state index contributed by atoms with van der Waals surface area (Å²) in [5, 5.41) is 9.94. The van der Waals surface area contributed by atoms with Crippen molar-refractivity contribution in [2.24, 2.45) is 0 Å². The fourth-order valence-corrected chi connectivity index (χ4v) is 0.847. The van der Waals surface area contributed by atoms with Crippen molar-refractivity contribution in [2.45, 2.75) is 6.18 Å². The van der Waals surface area contributed by atoms with Gasteiger partial charge >= 0.3 is 11.9 Å². The van der Waals surface area contributed by atoms with Crippen LogP contribution in [0.25, 0.3) is 0 Å². The Balaban J connectivity index is 2.93. The Morgan fingerprint density at radius 2 is 2.19 bits per heavy atom. The van der Waals surface area contributed by atoms with Gasteiger partial charge in [0.25, 0.3) is 5.88 Å². The predicted molar refractivity (Wildman–Crippen MR) is 45.2 cm³/mol. The van der Waals surface area contributed by atoms with Gasteiger partial charge in [-0.2, -0.15) is 18.2 Å². The first-order valence-corrected chi connectivity index (χ1v) is 4.04. The van der Waals surface area contributed by atoms with Crippen molar-refractivity contribution in [1.82, 2.24) is 9.97 Å². The van der Waals surface area contributed by atoms with E-state index in [1.807, 2.05) is 0 Å². The molecule has 0 aliphatic heterocycles. The number of halogens is 4. The van der Waals surface area contributed by atoms with Crippen molar-refractivity contribution in [3.05, 3.63) is 21.6 Å². The molecular weight excluding hydrogens is 255 g/mol. The van der Waals surface area contributed by atoms with Crippen LogP contribution >= 0.6 is 11.6 Å². The summed E-state index contributed by atoms with van der Waals surface area (Å²) in [7, 11) is 0. The predicted octanol–water partition coefficient (Wildman–Crippen LogP) is 1.98. The van der Waals surface area contributed by atoms with Gasteiger partial charge in [-0.3, -0.25) is 10.1 Å². The molecule has 1 aromatic heterocycles. The maximum Gasteiger partial charge on any atom is 0.422 e. The Morgan fingerprint density at radius 1 is 1.56 bits per heavy atom. The highest BCUT2D eigenvalue weighted by molar-refractivity contribution is 6.28. The average molecular weight is 258 g/mol. The molecule has 0 amide bonds. The fourth-order valence-electron chi connectivity index (χ4n) is 0.721. The Labute approximate surface area is 91.2 Å². The van der Waals surface area contributed by atoms with E-state index in [2.05, 4.69) is 14.7 Å². The topological polar surface area (TPSA) is 78.2 Å². The van der Waals surface area contributed by atoms with Crippen LogP contribution in [0.5, 0.6) is 5.88 Å². The van der Waals surface area contributed by atoms with Crippen molar-refractivity contribution in [3.8, 4) is 5.88 Å². The summed E-state index contributed by atoms with van der Waals surface area (Å²) in [6.45, 7) is -1.69. The SMILES string of the molecule is O=[N+]([O-])c1cnc(Cl)nc1OCC(F)(F)F. The minimum Gasteiger partial charge on any atom is -0.463 e. The van der Waals surface area contributed by atoms with E-state index in [1.54, 1.807) is 0 Å². The third kappa shape index (κ3) is 3.50. The Hall–Kier alpha value is -1.64. The minimum absolute atomic E-state index is 0.442. The summed E-state index contributed by atoms with van der Waals surface area (Å²) in [6, 6.07) is 0. The first-order valence-electron chi connectivity index (χ1n) is 3.66. The third-order valence-electron chi connectivity index (χ3n) is 1.28. The van der Waals surface area contributed by atoms with Gasteiger partial charge in [0, 0.05) is 0 Å². The Kier molecular flexibility index (Phi) is 3.48. The molecule has 0 saturated heterocycles. The molecule has 1 heterocycles. The molecule has 10 heteroatoms. The number of hydrogen-bond acceptors (Lipinski definition) is 5. The lowest BCUT2D eigenvalue weighted by Crippen LogP contribution is -2.20. The quantitative estimate of drug-likeness (QED) is 0.470. The van der Waals surface area contributed by atoms with Gasteiger partial charge in [-0.15, -0.1) is 0 Å². The molecule has 6 nitrogen and oxygen atoms in total. The van der Waals surface area contributed by atoms with Gasteiger partial charge in [0.1, 0.15) is 6.20 Å². The smallest absolute Gasteiger partial charge is 0.422 e. The van der Waals surface area contributed by atoms with Crippen LogP contribution in [0.3, 0.4) is 0 Å². The van der Waals surface area contributed by atoms with E-state index in [0.717, 1.165) is 0 Å². The van der Waals surface area contributed by atoms with Crippen LogP contribution in [0.4, 0.5) is 18.9 Å². The summed E-state index contributed by atoms with van der Waals surface area (Å²) in [5.41, 5.74) is -0.784. The van der Waals surface area contributed by atoms with Crippen LogP contribution in [-0.4, -0.2) is 27.7 Å². The van der Waals surface area contributed by atoms with Gasteiger partial charge in [0.05, 0.1) is 4.92 Å². The van der Waals surface area contributed by atoms with E-state index < -0.39 is 34.6 Å². The standard InChI is InChI=1S/C6H3ClF3N3O3/c7-5-11-1-3(13(14)15)4(12-5)16-2-6(8,9)10/h1H,2H2. The van der Waals surface area contributed by atoms with Crippen molar-refractivity contribution in [1.29, 1.82) is 0 Å². The molecule has 0 saturated carbocycles. The van der Waals surface area contributed by atoms with Crippen LogP contribution < -0.4 is 4.74 Å². The lowest BCUT2D eigenvalue weighted by molar-refractivity contribution is -0.386. The number of rotatable bonds is 3.